The minimum atomic E-state index is -0.461. The van der Waals surface area contributed by atoms with Gasteiger partial charge in [-0.25, -0.2) is 0 Å². The minimum absolute atomic E-state index is 0.316. The van der Waals surface area contributed by atoms with Gasteiger partial charge in [-0.2, -0.15) is 0 Å². The number of nitrogens with two attached hydrogens (primary N) is 1. The standard InChI is InChI=1S/C17H28N2O2/c1-17(2)7-9-19(10-8-17)12-15(20)13-21-16-6-4-3-5-14(16)11-18/h3-6,15,20H,7-13,18H2,1-2H3. The van der Waals surface area contributed by atoms with Crippen molar-refractivity contribution in [3.63, 3.8) is 0 Å². The summed E-state index contributed by atoms with van der Waals surface area (Å²) in [6.45, 7) is 8.19. The number of ether oxygens (including phenoxy) is 1. The molecule has 0 amide bonds. The van der Waals surface area contributed by atoms with Crippen LogP contribution in [0.1, 0.15) is 32.3 Å². The molecule has 1 aromatic carbocycles. The summed E-state index contributed by atoms with van der Waals surface area (Å²) >= 11 is 0. The van der Waals surface area contributed by atoms with E-state index in [1.807, 2.05) is 24.3 Å². The average Bonchev–Trinajstić information content (AvgIpc) is 2.47. The molecule has 1 aliphatic rings. The monoisotopic (exact) mass is 292 g/mol. The molecule has 0 aromatic heterocycles. The molecule has 21 heavy (non-hydrogen) atoms. The van der Waals surface area contributed by atoms with Crippen LogP contribution in [-0.2, 0) is 6.54 Å². The fourth-order valence-corrected chi connectivity index (χ4v) is 2.69. The predicted molar refractivity (Wildman–Crippen MR) is 85.3 cm³/mol. The van der Waals surface area contributed by atoms with Crippen LogP contribution in [0.2, 0.25) is 0 Å². The van der Waals surface area contributed by atoms with Gasteiger partial charge in [0.1, 0.15) is 18.5 Å². The lowest BCUT2D eigenvalue weighted by molar-refractivity contribution is 0.0440. The first-order valence-electron chi connectivity index (χ1n) is 7.81. The first-order chi connectivity index (χ1) is 10.00. The summed E-state index contributed by atoms with van der Waals surface area (Å²) in [6.07, 6.45) is 1.92. The number of aliphatic hydroxyl groups is 1. The number of aliphatic hydroxyl groups excluding tert-OH is 1. The molecule has 118 valence electrons. The Bertz CT molecular complexity index is 438. The maximum atomic E-state index is 10.2. The van der Waals surface area contributed by atoms with Gasteiger partial charge in [-0.3, -0.25) is 0 Å². The van der Waals surface area contributed by atoms with Crippen molar-refractivity contribution in [3.8, 4) is 5.75 Å². The molecule has 0 aliphatic carbocycles. The van der Waals surface area contributed by atoms with Gasteiger partial charge in [0.05, 0.1) is 0 Å². The Balaban J connectivity index is 1.76. The summed E-state index contributed by atoms with van der Waals surface area (Å²) in [5.74, 6) is 0.777. The van der Waals surface area contributed by atoms with E-state index in [0.29, 0.717) is 25.1 Å². The molecule has 1 fully saturated rings. The van der Waals surface area contributed by atoms with Crippen LogP contribution in [0, 0.1) is 5.41 Å². The maximum Gasteiger partial charge on any atom is 0.123 e. The molecule has 0 saturated carbocycles. The van der Waals surface area contributed by atoms with Gasteiger partial charge in [0.2, 0.25) is 0 Å². The van der Waals surface area contributed by atoms with E-state index in [0.717, 1.165) is 24.4 Å². The van der Waals surface area contributed by atoms with Gasteiger partial charge in [0.15, 0.2) is 0 Å². The molecule has 1 unspecified atom stereocenters. The molecule has 4 heteroatoms. The SMILES string of the molecule is CC1(C)CCN(CC(O)COc2ccccc2CN)CC1. The number of hydrogen-bond donors (Lipinski definition) is 2. The van der Waals surface area contributed by atoms with Crippen molar-refractivity contribution in [2.45, 2.75) is 39.3 Å². The first kappa shape index (κ1) is 16.3. The van der Waals surface area contributed by atoms with Crippen LogP contribution in [0.4, 0.5) is 0 Å². The number of hydrogen-bond acceptors (Lipinski definition) is 4. The van der Waals surface area contributed by atoms with Crippen LogP contribution in [-0.4, -0.2) is 42.4 Å². The third-order valence-electron chi connectivity index (χ3n) is 4.30. The van der Waals surface area contributed by atoms with Crippen LogP contribution in [0.5, 0.6) is 5.75 Å². The number of rotatable bonds is 6. The molecule has 1 saturated heterocycles. The topological polar surface area (TPSA) is 58.7 Å². The Morgan fingerprint density at radius 2 is 1.95 bits per heavy atom. The highest BCUT2D eigenvalue weighted by Gasteiger charge is 2.26. The molecule has 0 radical (unpaired) electrons. The molecule has 4 nitrogen and oxygen atoms in total. The van der Waals surface area contributed by atoms with E-state index < -0.39 is 6.10 Å². The second-order valence-electron chi connectivity index (χ2n) is 6.74. The largest absolute Gasteiger partial charge is 0.491 e. The number of β-amino-alcohol motifs (C(OH)–C–C–N with tert-alkyl or cyclic N) is 1. The number of benzene rings is 1. The van der Waals surface area contributed by atoms with Crippen LogP contribution >= 0.6 is 0 Å². The van der Waals surface area contributed by atoms with Crippen LogP contribution in [0.15, 0.2) is 24.3 Å². The quantitative estimate of drug-likeness (QED) is 0.842. The third kappa shape index (κ3) is 4.99. The zero-order valence-electron chi connectivity index (χ0n) is 13.2. The number of piperidine rings is 1. The van der Waals surface area contributed by atoms with E-state index >= 15 is 0 Å². The van der Waals surface area contributed by atoms with Gasteiger partial charge < -0.3 is 20.5 Å². The summed E-state index contributed by atoms with van der Waals surface area (Å²) in [5, 5.41) is 10.2. The van der Waals surface area contributed by atoms with Crippen molar-refractivity contribution in [2.24, 2.45) is 11.1 Å². The second kappa shape index (κ2) is 7.25. The highest BCUT2D eigenvalue weighted by Crippen LogP contribution is 2.29. The Morgan fingerprint density at radius 1 is 1.29 bits per heavy atom. The summed E-state index contributed by atoms with van der Waals surface area (Å²) in [7, 11) is 0. The van der Waals surface area contributed by atoms with Gasteiger partial charge in [0.25, 0.3) is 0 Å². The average molecular weight is 292 g/mol. The van der Waals surface area contributed by atoms with Gasteiger partial charge in [-0.1, -0.05) is 32.0 Å². The van der Waals surface area contributed by atoms with Crippen molar-refractivity contribution in [1.82, 2.24) is 4.90 Å². The molecule has 1 atom stereocenters. The highest BCUT2D eigenvalue weighted by atomic mass is 16.5. The highest BCUT2D eigenvalue weighted by molar-refractivity contribution is 5.32. The van der Waals surface area contributed by atoms with E-state index in [-0.39, 0.29) is 0 Å². The number of nitrogens with zero attached hydrogens (tertiary/aromatic N) is 1. The van der Waals surface area contributed by atoms with Crippen molar-refractivity contribution >= 4 is 0 Å². The zero-order valence-corrected chi connectivity index (χ0v) is 13.2. The van der Waals surface area contributed by atoms with Crippen molar-refractivity contribution < 1.29 is 9.84 Å². The molecule has 2 rings (SSSR count). The van der Waals surface area contributed by atoms with Crippen LogP contribution in [0.3, 0.4) is 0 Å². The van der Waals surface area contributed by atoms with Crippen molar-refractivity contribution in [1.29, 1.82) is 0 Å². The van der Waals surface area contributed by atoms with E-state index in [4.69, 9.17) is 10.5 Å². The molecule has 3 N–H and O–H groups in total. The van der Waals surface area contributed by atoms with Gasteiger partial charge in [-0.15, -0.1) is 0 Å². The molecule has 1 heterocycles. The molecule has 1 aliphatic heterocycles. The van der Waals surface area contributed by atoms with Gasteiger partial charge in [0, 0.05) is 18.7 Å². The fraction of sp³-hybridized carbons (Fsp3) is 0.647. The predicted octanol–water partition coefficient (Wildman–Crippen LogP) is 2.01. The second-order valence-corrected chi connectivity index (χ2v) is 6.74. The lowest BCUT2D eigenvalue weighted by Crippen LogP contribution is -2.42. The fourth-order valence-electron chi connectivity index (χ4n) is 2.69. The minimum Gasteiger partial charge on any atom is -0.491 e. The molecule has 0 spiro atoms. The Morgan fingerprint density at radius 3 is 2.62 bits per heavy atom. The van der Waals surface area contributed by atoms with E-state index in [1.165, 1.54) is 12.8 Å². The van der Waals surface area contributed by atoms with E-state index in [9.17, 15) is 5.11 Å². The summed E-state index contributed by atoms with van der Waals surface area (Å²) in [4.78, 5) is 2.33. The molecular weight excluding hydrogens is 264 g/mol. The van der Waals surface area contributed by atoms with E-state index in [2.05, 4.69) is 18.7 Å². The summed E-state index contributed by atoms with van der Waals surface area (Å²) in [5.41, 5.74) is 7.10. The van der Waals surface area contributed by atoms with Crippen molar-refractivity contribution in [2.75, 3.05) is 26.2 Å². The van der Waals surface area contributed by atoms with Gasteiger partial charge >= 0.3 is 0 Å². The number of para-hydroxylation sites is 1. The Labute approximate surface area is 127 Å². The smallest absolute Gasteiger partial charge is 0.123 e. The Hall–Kier alpha value is -1.10. The summed E-state index contributed by atoms with van der Waals surface area (Å²) in [6, 6.07) is 7.72. The zero-order chi connectivity index (χ0) is 15.3. The first-order valence-corrected chi connectivity index (χ1v) is 7.81. The lowest BCUT2D eigenvalue weighted by Gasteiger charge is -2.37. The third-order valence-corrected chi connectivity index (χ3v) is 4.30. The van der Waals surface area contributed by atoms with E-state index in [1.54, 1.807) is 0 Å². The summed E-state index contributed by atoms with van der Waals surface area (Å²) < 4.78 is 5.72. The van der Waals surface area contributed by atoms with Gasteiger partial charge in [-0.05, 0) is 37.4 Å². The maximum absolute atomic E-state index is 10.2. The van der Waals surface area contributed by atoms with Crippen LogP contribution in [0.25, 0.3) is 0 Å². The van der Waals surface area contributed by atoms with Crippen LogP contribution < -0.4 is 10.5 Å². The molecular formula is C17H28N2O2. The lowest BCUT2D eigenvalue weighted by atomic mass is 9.82. The number of likely N-dealkylation sites (tertiary alicyclic amines) is 1. The van der Waals surface area contributed by atoms with Crippen molar-refractivity contribution in [3.05, 3.63) is 29.8 Å². The molecule has 1 aromatic rings. The normalized spacial score (nSPS) is 20.2. The Kier molecular flexibility index (Phi) is 5.62. The molecule has 0 bridgehead atoms.